The van der Waals surface area contributed by atoms with Crippen molar-refractivity contribution in [2.24, 2.45) is 5.92 Å². The molecule has 3 atom stereocenters. The predicted molar refractivity (Wildman–Crippen MR) is 119 cm³/mol. The number of hydrogen-bond donors (Lipinski definition) is 2. The van der Waals surface area contributed by atoms with Crippen LogP contribution in [0.5, 0.6) is 0 Å². The van der Waals surface area contributed by atoms with Gasteiger partial charge in [-0.15, -0.1) is 0 Å². The number of nitrogens with zero attached hydrogens (tertiary/aromatic N) is 1. The van der Waals surface area contributed by atoms with Crippen molar-refractivity contribution in [3.63, 3.8) is 0 Å². The molecule has 2 rings (SSSR count). The third kappa shape index (κ3) is 5.94. The van der Waals surface area contributed by atoms with E-state index in [2.05, 4.69) is 5.32 Å². The highest BCUT2D eigenvalue weighted by atomic mass is 16.6. The van der Waals surface area contributed by atoms with Gasteiger partial charge in [0.25, 0.3) is 11.8 Å². The lowest BCUT2D eigenvalue weighted by Gasteiger charge is -2.30. The molecule has 0 bridgehead atoms. The van der Waals surface area contributed by atoms with Crippen LogP contribution < -0.4 is 5.32 Å². The molecule has 0 saturated heterocycles. The van der Waals surface area contributed by atoms with Crippen LogP contribution in [-0.4, -0.2) is 58.0 Å². The van der Waals surface area contributed by atoms with Crippen molar-refractivity contribution < 1.29 is 29.0 Å². The number of esters is 1. The summed E-state index contributed by atoms with van der Waals surface area (Å²) in [4.78, 5) is 52.5. The zero-order valence-electron chi connectivity index (χ0n) is 19.5. The summed E-state index contributed by atoms with van der Waals surface area (Å²) in [6, 6.07) is 4.53. The third-order valence-electron chi connectivity index (χ3n) is 5.30. The summed E-state index contributed by atoms with van der Waals surface area (Å²) in [6.45, 7) is 9.09. The molecule has 0 aliphatic carbocycles. The molecule has 1 aliphatic heterocycles. The molecule has 0 unspecified atom stereocenters. The number of aliphatic hydroxyl groups is 1. The molecule has 8 nitrogen and oxygen atoms in total. The van der Waals surface area contributed by atoms with Gasteiger partial charge < -0.3 is 15.2 Å². The van der Waals surface area contributed by atoms with E-state index in [-0.39, 0.29) is 23.5 Å². The second-order valence-corrected chi connectivity index (χ2v) is 8.86. The van der Waals surface area contributed by atoms with Gasteiger partial charge in [-0.05, 0) is 44.7 Å². The summed E-state index contributed by atoms with van der Waals surface area (Å²) in [5.41, 5.74) is 0.539. The summed E-state index contributed by atoms with van der Waals surface area (Å²) >= 11 is 0. The van der Waals surface area contributed by atoms with E-state index in [9.17, 15) is 24.3 Å². The van der Waals surface area contributed by atoms with Crippen LogP contribution in [0.1, 0.15) is 81.0 Å². The lowest BCUT2D eigenvalue weighted by atomic mass is 9.98. The fourth-order valence-electron chi connectivity index (χ4n) is 3.79. The van der Waals surface area contributed by atoms with Crippen LogP contribution in [0.3, 0.4) is 0 Å². The van der Waals surface area contributed by atoms with Crippen LogP contribution in [0.15, 0.2) is 24.3 Å². The van der Waals surface area contributed by atoms with Crippen molar-refractivity contribution >= 4 is 23.7 Å². The molecule has 0 fully saturated rings. The largest absolute Gasteiger partial charge is 0.461 e. The first-order chi connectivity index (χ1) is 15.1. The molecule has 3 amide bonds. The highest BCUT2D eigenvalue weighted by Crippen LogP contribution is 2.26. The molecule has 2 N–H and O–H groups in total. The van der Waals surface area contributed by atoms with Crippen molar-refractivity contribution in [3.8, 4) is 0 Å². The molecule has 0 spiro atoms. The van der Waals surface area contributed by atoms with Crippen LogP contribution in [0.4, 0.5) is 0 Å². The maximum absolute atomic E-state index is 13.3. The van der Waals surface area contributed by atoms with Crippen molar-refractivity contribution in [2.45, 2.75) is 84.6 Å². The van der Waals surface area contributed by atoms with Gasteiger partial charge in [-0.25, -0.2) is 4.79 Å². The zero-order chi connectivity index (χ0) is 24.0. The Kier molecular flexibility index (Phi) is 8.95. The number of amides is 3. The van der Waals surface area contributed by atoms with E-state index in [0.717, 1.165) is 11.3 Å². The number of carbonyl (C=O) groups excluding carboxylic acids is 4. The predicted octanol–water partition coefficient (Wildman–Crippen LogP) is 2.68. The summed E-state index contributed by atoms with van der Waals surface area (Å²) in [5, 5.41) is 13.3. The van der Waals surface area contributed by atoms with Gasteiger partial charge in [-0.1, -0.05) is 45.7 Å². The minimum absolute atomic E-state index is 0.0650. The summed E-state index contributed by atoms with van der Waals surface area (Å²) in [6.07, 6.45) is 0.0301. The highest BCUT2D eigenvalue weighted by molar-refractivity contribution is 6.22. The average Bonchev–Trinajstić information content (AvgIpc) is 2.97. The summed E-state index contributed by atoms with van der Waals surface area (Å²) in [5.74, 6) is -2.36. The molecular formula is C24H34N2O6. The number of rotatable bonds is 11. The van der Waals surface area contributed by atoms with E-state index < -0.39 is 48.0 Å². The second kappa shape index (κ2) is 11.2. The summed E-state index contributed by atoms with van der Waals surface area (Å²) < 4.78 is 5.10. The van der Waals surface area contributed by atoms with Gasteiger partial charge in [-0.3, -0.25) is 19.3 Å². The smallest absolute Gasteiger partial charge is 0.337 e. The third-order valence-corrected chi connectivity index (χ3v) is 5.30. The van der Waals surface area contributed by atoms with E-state index in [4.69, 9.17) is 4.74 Å². The minimum atomic E-state index is -1.56. The molecule has 1 aliphatic rings. The SMILES string of the molecule is CCCC[C@@H](C(=O)N[C@@H](CC(C)C)[C@@H](O)C(=O)OC(C)C)N1C(=O)c2ccccc2C1=O. The fraction of sp³-hybridized carbons (Fsp3) is 0.583. The Hall–Kier alpha value is -2.74. The van der Waals surface area contributed by atoms with Crippen LogP contribution in [0, 0.1) is 5.92 Å². The van der Waals surface area contributed by atoms with Gasteiger partial charge in [0.1, 0.15) is 6.04 Å². The van der Waals surface area contributed by atoms with E-state index in [1.807, 2.05) is 20.8 Å². The molecule has 32 heavy (non-hydrogen) atoms. The first kappa shape index (κ1) is 25.5. The Balaban J connectivity index is 2.28. The van der Waals surface area contributed by atoms with Gasteiger partial charge in [0.15, 0.2) is 6.10 Å². The number of carbonyl (C=O) groups is 4. The quantitative estimate of drug-likeness (QED) is 0.399. The van der Waals surface area contributed by atoms with Crippen molar-refractivity contribution in [1.82, 2.24) is 10.2 Å². The van der Waals surface area contributed by atoms with Gasteiger partial charge >= 0.3 is 5.97 Å². The Morgan fingerprint density at radius 1 is 1.06 bits per heavy atom. The number of benzene rings is 1. The van der Waals surface area contributed by atoms with E-state index >= 15 is 0 Å². The number of nitrogens with one attached hydrogen (secondary N) is 1. The Bertz CT molecular complexity index is 816. The number of aliphatic hydroxyl groups excluding tert-OH is 1. The fourth-order valence-corrected chi connectivity index (χ4v) is 3.79. The van der Waals surface area contributed by atoms with E-state index in [1.165, 1.54) is 0 Å². The first-order valence-corrected chi connectivity index (χ1v) is 11.2. The van der Waals surface area contributed by atoms with Crippen LogP contribution >= 0.6 is 0 Å². The number of ether oxygens (including phenoxy) is 1. The first-order valence-electron chi connectivity index (χ1n) is 11.2. The highest BCUT2D eigenvalue weighted by Gasteiger charge is 2.43. The van der Waals surface area contributed by atoms with E-state index in [1.54, 1.807) is 38.1 Å². The van der Waals surface area contributed by atoms with Crippen LogP contribution in [0.2, 0.25) is 0 Å². The molecule has 0 radical (unpaired) electrons. The van der Waals surface area contributed by atoms with Crippen molar-refractivity contribution in [2.75, 3.05) is 0 Å². The molecule has 8 heteroatoms. The molecule has 0 saturated carbocycles. The second-order valence-electron chi connectivity index (χ2n) is 8.86. The normalized spacial score (nSPS) is 16.2. The standard InChI is InChI=1S/C24H34N2O6/c1-6-7-12-19(26-22(29)16-10-8-9-11-17(16)23(26)30)21(28)25-18(13-14(2)3)20(27)24(31)32-15(4)5/h8-11,14-15,18-20,27H,6-7,12-13H2,1-5H3,(H,25,28)/t18-,19-,20+/m0/s1. The number of unbranched alkanes of at least 4 members (excludes halogenated alkanes) is 1. The molecule has 1 heterocycles. The Morgan fingerprint density at radius 3 is 2.09 bits per heavy atom. The molecular weight excluding hydrogens is 412 g/mol. The number of hydrogen-bond acceptors (Lipinski definition) is 6. The Morgan fingerprint density at radius 2 is 1.62 bits per heavy atom. The van der Waals surface area contributed by atoms with Gasteiger partial charge in [-0.2, -0.15) is 0 Å². The van der Waals surface area contributed by atoms with Crippen molar-refractivity contribution in [1.29, 1.82) is 0 Å². The molecule has 1 aromatic carbocycles. The van der Waals surface area contributed by atoms with Gasteiger partial charge in [0.2, 0.25) is 5.91 Å². The summed E-state index contributed by atoms with van der Waals surface area (Å²) in [7, 11) is 0. The lowest BCUT2D eigenvalue weighted by Crippen LogP contribution is -2.55. The maximum atomic E-state index is 13.3. The lowest BCUT2D eigenvalue weighted by molar-refractivity contribution is -0.159. The number of fused-ring (bicyclic) bond motifs is 1. The van der Waals surface area contributed by atoms with Crippen LogP contribution in [-0.2, 0) is 14.3 Å². The minimum Gasteiger partial charge on any atom is -0.461 e. The van der Waals surface area contributed by atoms with Crippen molar-refractivity contribution in [3.05, 3.63) is 35.4 Å². The Labute approximate surface area is 189 Å². The number of imide groups is 1. The monoisotopic (exact) mass is 446 g/mol. The zero-order valence-corrected chi connectivity index (χ0v) is 19.5. The van der Waals surface area contributed by atoms with Gasteiger partial charge in [0, 0.05) is 0 Å². The topological polar surface area (TPSA) is 113 Å². The molecule has 1 aromatic rings. The van der Waals surface area contributed by atoms with E-state index in [0.29, 0.717) is 12.8 Å². The van der Waals surface area contributed by atoms with Gasteiger partial charge in [0.05, 0.1) is 23.3 Å². The molecule has 0 aromatic heterocycles. The maximum Gasteiger partial charge on any atom is 0.337 e. The average molecular weight is 447 g/mol. The van der Waals surface area contributed by atoms with Crippen LogP contribution in [0.25, 0.3) is 0 Å². The molecule has 176 valence electrons.